The molecule has 1 fully saturated rings. The normalized spacial score (nSPS) is 22.2. The van der Waals surface area contributed by atoms with E-state index in [1.54, 1.807) is 30.2 Å². The first-order valence-corrected chi connectivity index (χ1v) is 10.2. The van der Waals surface area contributed by atoms with Crippen LogP contribution < -0.4 is 5.32 Å². The fraction of sp³-hybridized carbons (Fsp3) is 0.320. The molecule has 30 heavy (non-hydrogen) atoms. The fourth-order valence-corrected chi connectivity index (χ4v) is 4.44. The Morgan fingerprint density at radius 3 is 2.53 bits per heavy atom. The van der Waals surface area contributed by atoms with Gasteiger partial charge in [-0.25, -0.2) is 0 Å². The van der Waals surface area contributed by atoms with Gasteiger partial charge in [0.15, 0.2) is 0 Å². The number of amides is 2. The van der Waals surface area contributed by atoms with Gasteiger partial charge >= 0.3 is 0 Å². The molecule has 1 saturated heterocycles. The molecule has 2 aromatic rings. The number of carbonyl (C=O) groups excluding carboxylic acids is 2. The molecular formula is C25H27N3O2. The van der Waals surface area contributed by atoms with Crippen molar-refractivity contribution in [1.29, 1.82) is 5.26 Å². The van der Waals surface area contributed by atoms with Crippen molar-refractivity contribution in [2.45, 2.75) is 44.2 Å². The number of nitriles is 1. The molecule has 1 aliphatic rings. The van der Waals surface area contributed by atoms with Gasteiger partial charge in [0.25, 0.3) is 0 Å². The maximum absolute atomic E-state index is 13.5. The van der Waals surface area contributed by atoms with Crippen LogP contribution in [0.2, 0.25) is 0 Å². The van der Waals surface area contributed by atoms with Gasteiger partial charge in [-0.2, -0.15) is 5.26 Å². The van der Waals surface area contributed by atoms with Gasteiger partial charge in [-0.05, 0) is 29.2 Å². The smallest absolute Gasteiger partial charge is 0.246 e. The van der Waals surface area contributed by atoms with E-state index in [1.165, 1.54) is 0 Å². The zero-order valence-electron chi connectivity index (χ0n) is 17.7. The minimum absolute atomic E-state index is 0.150. The molecule has 5 nitrogen and oxygen atoms in total. The number of piperazine rings is 1. The molecule has 1 N–H and O–H groups in total. The van der Waals surface area contributed by atoms with Crippen LogP contribution in [0.15, 0.2) is 55.1 Å². The molecule has 0 saturated carbocycles. The molecule has 2 amide bonds. The number of rotatable bonds is 6. The quantitative estimate of drug-likeness (QED) is 0.803. The highest BCUT2D eigenvalue weighted by Gasteiger charge is 2.51. The Kier molecular flexibility index (Phi) is 6.07. The maximum atomic E-state index is 13.5. The first-order valence-electron chi connectivity index (χ1n) is 10.2. The summed E-state index contributed by atoms with van der Waals surface area (Å²) in [7, 11) is 1.71. The minimum atomic E-state index is -0.940. The van der Waals surface area contributed by atoms with E-state index in [0.29, 0.717) is 18.4 Å². The first-order chi connectivity index (χ1) is 14.4. The number of nitrogens with one attached hydrogen (secondary N) is 1. The summed E-state index contributed by atoms with van der Waals surface area (Å²) >= 11 is 0. The van der Waals surface area contributed by atoms with Crippen molar-refractivity contribution in [2.75, 3.05) is 7.05 Å². The zero-order valence-corrected chi connectivity index (χ0v) is 17.7. The Labute approximate surface area is 178 Å². The SMILES string of the molecule is C=Cc1cccc(C#N)c1C(C)C1NC(=O)C(CC)(Cc2ccccc2)N(C)C1=O. The Bertz CT molecular complexity index is 1010. The topological polar surface area (TPSA) is 73.2 Å². The van der Waals surface area contributed by atoms with E-state index in [4.69, 9.17) is 0 Å². The summed E-state index contributed by atoms with van der Waals surface area (Å²) in [6.07, 6.45) is 2.63. The molecule has 0 bridgehead atoms. The molecule has 3 unspecified atom stereocenters. The van der Waals surface area contributed by atoms with E-state index in [1.807, 2.05) is 50.2 Å². The van der Waals surface area contributed by atoms with E-state index in [9.17, 15) is 14.9 Å². The van der Waals surface area contributed by atoms with Gasteiger partial charge in [-0.1, -0.05) is 69.0 Å². The summed E-state index contributed by atoms with van der Waals surface area (Å²) in [5, 5.41) is 12.6. The highest BCUT2D eigenvalue weighted by Crippen LogP contribution is 2.34. The van der Waals surface area contributed by atoms with Gasteiger partial charge in [0.1, 0.15) is 11.6 Å². The summed E-state index contributed by atoms with van der Waals surface area (Å²) in [6.45, 7) is 7.63. The standard InChI is InChI=1S/C25H27N3O2/c1-5-19-13-10-14-20(16-26)21(19)17(3)22-23(29)28(4)25(6-2,24(30)27-22)15-18-11-8-7-9-12-18/h5,7-14,17,22H,1,6,15H2,2-4H3,(H,27,30). The van der Waals surface area contributed by atoms with E-state index in [0.717, 1.165) is 16.7 Å². The van der Waals surface area contributed by atoms with E-state index in [-0.39, 0.29) is 17.7 Å². The molecule has 1 heterocycles. The van der Waals surface area contributed by atoms with Crippen LogP contribution in [0.3, 0.4) is 0 Å². The highest BCUT2D eigenvalue weighted by atomic mass is 16.2. The van der Waals surface area contributed by atoms with Crippen LogP contribution in [0.25, 0.3) is 6.08 Å². The van der Waals surface area contributed by atoms with Crippen molar-refractivity contribution >= 4 is 17.9 Å². The summed E-state index contributed by atoms with van der Waals surface area (Å²) in [6, 6.07) is 16.6. The van der Waals surface area contributed by atoms with E-state index < -0.39 is 11.6 Å². The van der Waals surface area contributed by atoms with Crippen molar-refractivity contribution in [3.8, 4) is 6.07 Å². The summed E-state index contributed by atoms with van der Waals surface area (Å²) < 4.78 is 0. The van der Waals surface area contributed by atoms with E-state index >= 15 is 0 Å². The molecule has 3 atom stereocenters. The van der Waals surface area contributed by atoms with Crippen LogP contribution in [0, 0.1) is 11.3 Å². The van der Waals surface area contributed by atoms with Gasteiger partial charge in [0.05, 0.1) is 11.6 Å². The zero-order chi connectivity index (χ0) is 21.9. The van der Waals surface area contributed by atoms with Crippen molar-refractivity contribution in [2.24, 2.45) is 0 Å². The van der Waals surface area contributed by atoms with Crippen molar-refractivity contribution in [1.82, 2.24) is 10.2 Å². The predicted octanol–water partition coefficient (Wildman–Crippen LogP) is 3.65. The monoisotopic (exact) mass is 401 g/mol. The Morgan fingerprint density at radius 1 is 1.23 bits per heavy atom. The van der Waals surface area contributed by atoms with E-state index in [2.05, 4.69) is 18.0 Å². The molecule has 3 rings (SSSR count). The Balaban J connectivity index is 1.97. The van der Waals surface area contributed by atoms with Crippen LogP contribution in [0.4, 0.5) is 0 Å². The molecule has 0 radical (unpaired) electrons. The number of hydrogen-bond donors (Lipinski definition) is 1. The molecule has 0 aliphatic carbocycles. The molecular weight excluding hydrogens is 374 g/mol. The average Bonchev–Trinajstić information content (AvgIpc) is 2.78. The minimum Gasteiger partial charge on any atom is -0.342 e. The molecule has 154 valence electrons. The largest absolute Gasteiger partial charge is 0.342 e. The number of carbonyl (C=O) groups is 2. The lowest BCUT2D eigenvalue weighted by Crippen LogP contribution is -2.71. The van der Waals surface area contributed by atoms with Gasteiger partial charge in [-0.15, -0.1) is 0 Å². The third kappa shape index (κ3) is 3.50. The second-order valence-electron chi connectivity index (χ2n) is 7.81. The molecule has 0 aromatic heterocycles. The molecule has 2 aromatic carbocycles. The lowest BCUT2D eigenvalue weighted by atomic mass is 9.79. The molecule has 5 heteroatoms. The van der Waals surface area contributed by atoms with Crippen LogP contribution in [-0.2, 0) is 16.0 Å². The second-order valence-corrected chi connectivity index (χ2v) is 7.81. The second kappa shape index (κ2) is 8.54. The summed E-state index contributed by atoms with van der Waals surface area (Å²) in [4.78, 5) is 28.4. The first kappa shape index (κ1) is 21.3. The molecule has 0 spiro atoms. The van der Waals surface area contributed by atoms with Gasteiger partial charge in [0, 0.05) is 19.4 Å². The third-order valence-corrected chi connectivity index (χ3v) is 6.31. The van der Waals surface area contributed by atoms with Gasteiger partial charge in [-0.3, -0.25) is 9.59 Å². The van der Waals surface area contributed by atoms with Crippen molar-refractivity contribution in [3.63, 3.8) is 0 Å². The van der Waals surface area contributed by atoms with Gasteiger partial charge in [0.2, 0.25) is 11.8 Å². The Hall–Kier alpha value is -3.39. The van der Waals surface area contributed by atoms with Crippen molar-refractivity contribution in [3.05, 3.63) is 77.4 Å². The van der Waals surface area contributed by atoms with Gasteiger partial charge < -0.3 is 10.2 Å². The predicted molar refractivity (Wildman–Crippen MR) is 118 cm³/mol. The van der Waals surface area contributed by atoms with Crippen molar-refractivity contribution < 1.29 is 9.59 Å². The average molecular weight is 402 g/mol. The third-order valence-electron chi connectivity index (χ3n) is 6.31. The van der Waals surface area contributed by atoms with Crippen LogP contribution >= 0.6 is 0 Å². The lowest BCUT2D eigenvalue weighted by Gasteiger charge is -2.47. The number of likely N-dealkylation sites (N-methyl/N-ethyl adjacent to an activating group) is 1. The summed E-state index contributed by atoms with van der Waals surface area (Å²) in [5.41, 5.74) is 2.08. The van der Waals surface area contributed by atoms with Crippen LogP contribution in [-0.4, -0.2) is 35.3 Å². The maximum Gasteiger partial charge on any atom is 0.246 e. The lowest BCUT2D eigenvalue weighted by molar-refractivity contribution is -0.156. The number of hydrogen-bond acceptors (Lipinski definition) is 3. The Morgan fingerprint density at radius 2 is 1.93 bits per heavy atom. The summed E-state index contributed by atoms with van der Waals surface area (Å²) in [5.74, 6) is -0.690. The molecule has 1 aliphatic heterocycles. The highest BCUT2D eigenvalue weighted by molar-refractivity contribution is 6.00. The van der Waals surface area contributed by atoms with Crippen LogP contribution in [0.1, 0.15) is 48.4 Å². The van der Waals surface area contributed by atoms with Crippen LogP contribution in [0.5, 0.6) is 0 Å². The number of nitrogens with zero attached hydrogens (tertiary/aromatic N) is 2. The number of benzene rings is 2. The fourth-order valence-electron chi connectivity index (χ4n) is 4.44.